The fourth-order valence-corrected chi connectivity index (χ4v) is 3.77. The standard InChI is InChI=1S/C18H16N4O2S2/c1-11-9-14(12-5-3-2-4-6-12)21-18(20-11)26-10-15(23)22-17-13(16(19)24)7-8-25-17/h2-9H,10H2,1H3,(H2,19,24)(H,22,23). The predicted molar refractivity (Wildman–Crippen MR) is 104 cm³/mol. The van der Waals surface area contributed by atoms with E-state index >= 15 is 0 Å². The van der Waals surface area contributed by atoms with Crippen LogP contribution in [0, 0.1) is 6.92 Å². The van der Waals surface area contributed by atoms with Crippen LogP contribution < -0.4 is 11.1 Å². The maximum Gasteiger partial charge on any atom is 0.251 e. The Morgan fingerprint density at radius 1 is 1.19 bits per heavy atom. The van der Waals surface area contributed by atoms with Crippen molar-refractivity contribution in [3.8, 4) is 11.3 Å². The van der Waals surface area contributed by atoms with Gasteiger partial charge in [0.15, 0.2) is 5.16 Å². The zero-order valence-corrected chi connectivity index (χ0v) is 15.6. The first kappa shape index (κ1) is 18.1. The molecule has 1 aromatic carbocycles. The fourth-order valence-electron chi connectivity index (χ4n) is 2.26. The number of thiophene rings is 1. The van der Waals surface area contributed by atoms with Crippen LogP contribution in [0.5, 0.6) is 0 Å². The smallest absolute Gasteiger partial charge is 0.251 e. The molecule has 3 N–H and O–H groups in total. The van der Waals surface area contributed by atoms with Gasteiger partial charge in [0.2, 0.25) is 5.91 Å². The molecule has 0 saturated heterocycles. The summed E-state index contributed by atoms with van der Waals surface area (Å²) < 4.78 is 0. The molecule has 3 aromatic rings. The highest BCUT2D eigenvalue weighted by molar-refractivity contribution is 7.99. The maximum absolute atomic E-state index is 12.2. The second kappa shape index (κ2) is 8.11. The monoisotopic (exact) mass is 384 g/mol. The Morgan fingerprint density at radius 3 is 2.69 bits per heavy atom. The lowest BCUT2D eigenvalue weighted by molar-refractivity contribution is -0.113. The zero-order chi connectivity index (χ0) is 18.5. The molecule has 0 radical (unpaired) electrons. The quantitative estimate of drug-likeness (QED) is 0.502. The van der Waals surface area contributed by atoms with Crippen LogP contribution in [0.2, 0.25) is 0 Å². The van der Waals surface area contributed by atoms with Gasteiger partial charge in [-0.3, -0.25) is 9.59 Å². The first-order valence-electron chi connectivity index (χ1n) is 7.74. The van der Waals surface area contributed by atoms with E-state index in [2.05, 4.69) is 15.3 Å². The number of benzene rings is 1. The number of amides is 2. The molecule has 0 atom stereocenters. The van der Waals surface area contributed by atoms with Gasteiger partial charge in [-0.25, -0.2) is 9.97 Å². The van der Waals surface area contributed by atoms with E-state index in [4.69, 9.17) is 5.73 Å². The highest BCUT2D eigenvalue weighted by atomic mass is 32.2. The number of anilines is 1. The van der Waals surface area contributed by atoms with Gasteiger partial charge in [0.1, 0.15) is 5.00 Å². The van der Waals surface area contributed by atoms with Crippen LogP contribution in [0.3, 0.4) is 0 Å². The van der Waals surface area contributed by atoms with E-state index in [-0.39, 0.29) is 11.7 Å². The van der Waals surface area contributed by atoms with E-state index in [0.717, 1.165) is 17.0 Å². The van der Waals surface area contributed by atoms with Crippen molar-refractivity contribution in [2.45, 2.75) is 12.1 Å². The predicted octanol–water partition coefficient (Wildman–Crippen LogP) is 3.34. The maximum atomic E-state index is 12.2. The van der Waals surface area contributed by atoms with E-state index in [9.17, 15) is 9.59 Å². The number of hydrogen-bond acceptors (Lipinski definition) is 6. The summed E-state index contributed by atoms with van der Waals surface area (Å²) in [5.74, 6) is -0.677. The summed E-state index contributed by atoms with van der Waals surface area (Å²) in [6.07, 6.45) is 0. The third-order valence-corrected chi connectivity index (χ3v) is 5.10. The molecular formula is C18H16N4O2S2. The third kappa shape index (κ3) is 4.47. The number of carbonyl (C=O) groups is 2. The zero-order valence-electron chi connectivity index (χ0n) is 13.9. The number of rotatable bonds is 6. The molecule has 0 aliphatic heterocycles. The Bertz CT molecular complexity index is 941. The van der Waals surface area contributed by atoms with Crippen molar-refractivity contribution >= 4 is 39.9 Å². The second-order valence-corrected chi connectivity index (χ2v) is 7.27. The van der Waals surface area contributed by atoms with Crippen molar-refractivity contribution in [3.05, 3.63) is 59.1 Å². The Labute approximate surface area is 158 Å². The molecule has 0 unspecified atom stereocenters. The number of hydrogen-bond donors (Lipinski definition) is 2. The number of nitrogens with one attached hydrogen (secondary N) is 1. The number of aryl methyl sites for hydroxylation is 1. The van der Waals surface area contributed by atoms with E-state index in [0.29, 0.717) is 15.7 Å². The minimum Gasteiger partial charge on any atom is -0.366 e. The molecule has 6 nitrogen and oxygen atoms in total. The van der Waals surface area contributed by atoms with Gasteiger partial charge >= 0.3 is 0 Å². The van der Waals surface area contributed by atoms with E-state index < -0.39 is 5.91 Å². The number of nitrogens with zero attached hydrogens (tertiary/aromatic N) is 2. The largest absolute Gasteiger partial charge is 0.366 e. The Kier molecular flexibility index (Phi) is 5.65. The molecule has 8 heteroatoms. The topological polar surface area (TPSA) is 98.0 Å². The summed E-state index contributed by atoms with van der Waals surface area (Å²) >= 11 is 2.50. The number of aromatic nitrogens is 2. The molecule has 0 spiro atoms. The molecule has 0 bridgehead atoms. The molecule has 0 fully saturated rings. The molecule has 0 saturated carbocycles. The van der Waals surface area contributed by atoms with Crippen LogP contribution in [0.1, 0.15) is 16.1 Å². The van der Waals surface area contributed by atoms with Crippen LogP contribution in [0.4, 0.5) is 5.00 Å². The third-order valence-electron chi connectivity index (χ3n) is 3.42. The van der Waals surface area contributed by atoms with Crippen molar-refractivity contribution in [1.82, 2.24) is 9.97 Å². The summed E-state index contributed by atoms with van der Waals surface area (Å²) in [5, 5.41) is 5.40. The lowest BCUT2D eigenvalue weighted by Crippen LogP contribution is -2.17. The SMILES string of the molecule is Cc1cc(-c2ccccc2)nc(SCC(=O)Nc2sccc2C(N)=O)n1. The number of thioether (sulfide) groups is 1. The number of nitrogens with two attached hydrogens (primary N) is 1. The van der Waals surface area contributed by atoms with Crippen molar-refractivity contribution in [3.63, 3.8) is 0 Å². The van der Waals surface area contributed by atoms with Crippen molar-refractivity contribution in [2.24, 2.45) is 5.73 Å². The molecule has 0 aliphatic carbocycles. The molecule has 3 rings (SSSR count). The Hall–Kier alpha value is -2.71. The second-order valence-electron chi connectivity index (χ2n) is 5.41. The van der Waals surface area contributed by atoms with E-state index in [1.165, 1.54) is 23.1 Å². The van der Waals surface area contributed by atoms with Gasteiger partial charge in [-0.15, -0.1) is 11.3 Å². The summed E-state index contributed by atoms with van der Waals surface area (Å²) in [4.78, 5) is 32.4. The van der Waals surface area contributed by atoms with Gasteiger partial charge < -0.3 is 11.1 Å². The summed E-state index contributed by atoms with van der Waals surface area (Å²) in [5.41, 5.74) is 8.23. The molecule has 132 valence electrons. The fraction of sp³-hybridized carbons (Fsp3) is 0.111. The first-order chi connectivity index (χ1) is 12.5. The highest BCUT2D eigenvalue weighted by Crippen LogP contribution is 2.24. The van der Waals surface area contributed by atoms with Gasteiger partial charge in [0, 0.05) is 11.3 Å². The molecule has 0 aliphatic rings. The average Bonchev–Trinajstić information content (AvgIpc) is 3.09. The van der Waals surface area contributed by atoms with E-state index in [1.807, 2.05) is 43.3 Å². The molecule has 2 aromatic heterocycles. The van der Waals surface area contributed by atoms with Crippen LogP contribution in [-0.2, 0) is 4.79 Å². The average molecular weight is 384 g/mol. The molecule has 2 amide bonds. The van der Waals surface area contributed by atoms with Gasteiger partial charge in [0.05, 0.1) is 17.0 Å². The molecule has 2 heterocycles. The van der Waals surface area contributed by atoms with Crippen molar-refractivity contribution in [1.29, 1.82) is 0 Å². The minimum atomic E-state index is -0.566. The lowest BCUT2D eigenvalue weighted by Gasteiger charge is -2.07. The minimum absolute atomic E-state index is 0.133. The van der Waals surface area contributed by atoms with Crippen LogP contribution >= 0.6 is 23.1 Å². The highest BCUT2D eigenvalue weighted by Gasteiger charge is 2.13. The number of primary amides is 1. The van der Waals surface area contributed by atoms with Gasteiger partial charge in [-0.2, -0.15) is 0 Å². The lowest BCUT2D eigenvalue weighted by atomic mass is 10.1. The van der Waals surface area contributed by atoms with Crippen molar-refractivity contribution < 1.29 is 9.59 Å². The van der Waals surface area contributed by atoms with Gasteiger partial charge in [-0.1, -0.05) is 42.1 Å². The van der Waals surface area contributed by atoms with Gasteiger partial charge in [0.25, 0.3) is 5.91 Å². The Morgan fingerprint density at radius 2 is 1.96 bits per heavy atom. The van der Waals surface area contributed by atoms with Crippen LogP contribution in [0.15, 0.2) is 53.0 Å². The van der Waals surface area contributed by atoms with Crippen LogP contribution in [0.25, 0.3) is 11.3 Å². The molecular weight excluding hydrogens is 368 g/mol. The summed E-state index contributed by atoms with van der Waals surface area (Å²) in [6.45, 7) is 1.89. The van der Waals surface area contributed by atoms with Gasteiger partial charge in [-0.05, 0) is 24.4 Å². The summed E-state index contributed by atoms with van der Waals surface area (Å²) in [6, 6.07) is 13.3. The first-order valence-corrected chi connectivity index (χ1v) is 9.60. The summed E-state index contributed by atoms with van der Waals surface area (Å²) in [7, 11) is 0. The molecule has 26 heavy (non-hydrogen) atoms. The van der Waals surface area contributed by atoms with Crippen molar-refractivity contribution in [2.75, 3.05) is 11.1 Å². The normalized spacial score (nSPS) is 10.5. The Balaban J connectivity index is 1.68. The van der Waals surface area contributed by atoms with E-state index in [1.54, 1.807) is 11.4 Å². The number of carbonyl (C=O) groups excluding carboxylic acids is 2. The van der Waals surface area contributed by atoms with Crippen LogP contribution in [-0.4, -0.2) is 27.5 Å².